The molecule has 2 atom stereocenters. The normalized spacial score (nSPS) is 22.7. The number of nitro benzene ring substituents is 1. The van der Waals surface area contributed by atoms with E-state index >= 15 is 0 Å². The standard InChI is InChI=1S/C17H21F3N4O3.ClH/c18-17(19,20)12-2-4-14(15(10-12)24(26)27)22-5-7-23(8-6-22)16(25)11-1-3-13(21)9-11;/h2,4,10-11,13H,1,3,5-9,21H2;1H. The van der Waals surface area contributed by atoms with Gasteiger partial charge in [0.05, 0.1) is 10.5 Å². The molecule has 2 fully saturated rings. The number of hydrogen-bond donors (Lipinski definition) is 1. The van der Waals surface area contributed by atoms with Crippen molar-refractivity contribution in [2.75, 3.05) is 31.1 Å². The van der Waals surface area contributed by atoms with Crippen LogP contribution in [0.1, 0.15) is 24.8 Å². The maximum absolute atomic E-state index is 12.8. The van der Waals surface area contributed by atoms with Crippen molar-refractivity contribution in [3.63, 3.8) is 0 Å². The zero-order chi connectivity index (χ0) is 19.8. The first kappa shape index (κ1) is 22.2. The number of nitrogens with zero attached hydrogens (tertiary/aromatic N) is 3. The topological polar surface area (TPSA) is 92.7 Å². The number of alkyl halides is 3. The van der Waals surface area contributed by atoms with Crippen molar-refractivity contribution in [1.29, 1.82) is 0 Å². The van der Waals surface area contributed by atoms with Crippen molar-refractivity contribution in [3.8, 4) is 0 Å². The minimum absolute atomic E-state index is 0. The van der Waals surface area contributed by atoms with Crippen molar-refractivity contribution < 1.29 is 22.9 Å². The Morgan fingerprint density at radius 1 is 1.18 bits per heavy atom. The average Bonchev–Trinajstić information content (AvgIpc) is 3.06. The largest absolute Gasteiger partial charge is 0.416 e. The number of carbonyl (C=O) groups excluding carboxylic acids is 1. The molecule has 7 nitrogen and oxygen atoms in total. The summed E-state index contributed by atoms with van der Waals surface area (Å²) >= 11 is 0. The SMILES string of the molecule is Cl.NC1CCC(C(=O)N2CCN(c3ccc(C(F)(F)F)cc3[N+](=O)[O-])CC2)C1. The molecule has 11 heteroatoms. The van der Waals surface area contributed by atoms with Crippen molar-refractivity contribution >= 4 is 29.7 Å². The van der Waals surface area contributed by atoms with Crippen LogP contribution < -0.4 is 10.6 Å². The van der Waals surface area contributed by atoms with E-state index in [0.717, 1.165) is 25.0 Å². The maximum Gasteiger partial charge on any atom is 0.416 e. The molecule has 1 aromatic carbocycles. The third kappa shape index (κ3) is 4.67. The summed E-state index contributed by atoms with van der Waals surface area (Å²) in [5, 5.41) is 11.3. The molecular formula is C17H22ClF3N4O3. The third-order valence-corrected chi connectivity index (χ3v) is 5.25. The zero-order valence-electron chi connectivity index (χ0n) is 15.0. The summed E-state index contributed by atoms with van der Waals surface area (Å²) in [6.07, 6.45) is -2.38. The third-order valence-electron chi connectivity index (χ3n) is 5.25. The molecule has 1 aliphatic carbocycles. The van der Waals surface area contributed by atoms with E-state index in [2.05, 4.69) is 0 Å². The number of amides is 1. The fraction of sp³-hybridized carbons (Fsp3) is 0.588. The van der Waals surface area contributed by atoms with E-state index in [1.54, 1.807) is 9.80 Å². The highest BCUT2D eigenvalue weighted by atomic mass is 35.5. The number of hydrogen-bond acceptors (Lipinski definition) is 5. The molecule has 1 aliphatic heterocycles. The van der Waals surface area contributed by atoms with Gasteiger partial charge in [-0.1, -0.05) is 0 Å². The smallest absolute Gasteiger partial charge is 0.362 e. The number of nitrogens with two attached hydrogens (primary N) is 1. The predicted octanol–water partition coefficient (Wildman–Crippen LogP) is 2.81. The van der Waals surface area contributed by atoms with Crippen LogP contribution in [0.2, 0.25) is 0 Å². The molecule has 2 unspecified atom stereocenters. The number of anilines is 1. The van der Waals surface area contributed by atoms with Gasteiger partial charge >= 0.3 is 6.18 Å². The highest BCUT2D eigenvalue weighted by molar-refractivity contribution is 5.85. The molecule has 0 radical (unpaired) electrons. The van der Waals surface area contributed by atoms with Crippen LogP contribution in [0.5, 0.6) is 0 Å². The Balaban J connectivity index is 0.00000280. The minimum Gasteiger partial charge on any atom is -0.362 e. The summed E-state index contributed by atoms with van der Waals surface area (Å²) in [4.78, 5) is 26.4. The van der Waals surface area contributed by atoms with Gasteiger partial charge in [-0.25, -0.2) is 0 Å². The fourth-order valence-electron chi connectivity index (χ4n) is 3.78. The van der Waals surface area contributed by atoms with Crippen LogP contribution in [0.3, 0.4) is 0 Å². The van der Waals surface area contributed by atoms with E-state index in [-0.39, 0.29) is 36.0 Å². The van der Waals surface area contributed by atoms with Crippen LogP contribution in [-0.4, -0.2) is 48.0 Å². The molecule has 156 valence electrons. The van der Waals surface area contributed by atoms with Gasteiger partial charge in [-0.3, -0.25) is 14.9 Å². The van der Waals surface area contributed by atoms with E-state index in [0.29, 0.717) is 38.7 Å². The van der Waals surface area contributed by atoms with Gasteiger partial charge in [-0.15, -0.1) is 12.4 Å². The van der Waals surface area contributed by atoms with Gasteiger partial charge < -0.3 is 15.5 Å². The van der Waals surface area contributed by atoms with Crippen LogP contribution >= 0.6 is 12.4 Å². The van der Waals surface area contributed by atoms with Gasteiger partial charge in [0, 0.05) is 44.2 Å². The summed E-state index contributed by atoms with van der Waals surface area (Å²) in [7, 11) is 0. The number of carbonyl (C=O) groups is 1. The molecular weight excluding hydrogens is 401 g/mol. The van der Waals surface area contributed by atoms with Gasteiger partial charge in [0.1, 0.15) is 5.69 Å². The Hall–Kier alpha value is -2.07. The molecule has 1 heterocycles. The molecule has 0 spiro atoms. The minimum atomic E-state index is -4.64. The van der Waals surface area contributed by atoms with E-state index in [4.69, 9.17) is 5.73 Å². The van der Waals surface area contributed by atoms with E-state index in [1.807, 2.05) is 0 Å². The summed E-state index contributed by atoms with van der Waals surface area (Å²) < 4.78 is 38.5. The first-order valence-corrected chi connectivity index (χ1v) is 8.81. The lowest BCUT2D eigenvalue weighted by Gasteiger charge is -2.37. The van der Waals surface area contributed by atoms with E-state index in [1.165, 1.54) is 0 Å². The monoisotopic (exact) mass is 422 g/mol. The fourth-order valence-corrected chi connectivity index (χ4v) is 3.78. The average molecular weight is 423 g/mol. The Labute approximate surface area is 166 Å². The second-order valence-corrected chi connectivity index (χ2v) is 7.04. The van der Waals surface area contributed by atoms with E-state index in [9.17, 15) is 28.1 Å². The summed E-state index contributed by atoms with van der Waals surface area (Å²) in [5.74, 6) is -0.0310. The number of nitro groups is 1. The summed E-state index contributed by atoms with van der Waals surface area (Å²) in [5.41, 5.74) is 4.37. The lowest BCUT2D eigenvalue weighted by molar-refractivity contribution is -0.384. The van der Waals surface area contributed by atoms with Crippen molar-refractivity contribution in [1.82, 2.24) is 4.90 Å². The molecule has 3 rings (SSSR count). The van der Waals surface area contributed by atoms with Crippen molar-refractivity contribution in [3.05, 3.63) is 33.9 Å². The number of piperazine rings is 1. The Kier molecular flexibility index (Phi) is 6.76. The second-order valence-electron chi connectivity index (χ2n) is 7.04. The summed E-state index contributed by atoms with van der Waals surface area (Å²) in [6, 6.07) is 2.59. The second kappa shape index (κ2) is 8.52. The first-order chi connectivity index (χ1) is 12.7. The highest BCUT2D eigenvalue weighted by Gasteiger charge is 2.36. The lowest BCUT2D eigenvalue weighted by Crippen LogP contribution is -2.50. The molecule has 0 bridgehead atoms. The molecule has 2 aliphatic rings. The van der Waals surface area contributed by atoms with Crippen LogP contribution in [0.15, 0.2) is 18.2 Å². The molecule has 1 aromatic rings. The van der Waals surface area contributed by atoms with Gasteiger partial charge in [0.2, 0.25) is 5.91 Å². The quantitative estimate of drug-likeness (QED) is 0.597. The summed E-state index contributed by atoms with van der Waals surface area (Å²) in [6.45, 7) is 1.42. The molecule has 1 amide bonds. The van der Waals surface area contributed by atoms with Crippen LogP contribution in [0.4, 0.5) is 24.5 Å². The predicted molar refractivity (Wildman–Crippen MR) is 99.5 cm³/mol. The highest BCUT2D eigenvalue weighted by Crippen LogP contribution is 2.37. The van der Waals surface area contributed by atoms with Gasteiger partial charge in [0.25, 0.3) is 5.69 Å². The van der Waals surface area contributed by atoms with Crippen LogP contribution in [0.25, 0.3) is 0 Å². The molecule has 28 heavy (non-hydrogen) atoms. The molecule has 0 aromatic heterocycles. The molecule has 2 N–H and O–H groups in total. The Morgan fingerprint density at radius 2 is 1.82 bits per heavy atom. The molecule has 1 saturated heterocycles. The number of rotatable bonds is 3. The van der Waals surface area contributed by atoms with Gasteiger partial charge in [-0.2, -0.15) is 13.2 Å². The van der Waals surface area contributed by atoms with Crippen LogP contribution in [0, 0.1) is 16.0 Å². The number of halogens is 4. The van der Waals surface area contributed by atoms with E-state index < -0.39 is 22.4 Å². The number of benzene rings is 1. The maximum atomic E-state index is 12.8. The van der Waals surface area contributed by atoms with Gasteiger partial charge in [0.15, 0.2) is 0 Å². The zero-order valence-corrected chi connectivity index (χ0v) is 15.8. The van der Waals surface area contributed by atoms with Gasteiger partial charge in [-0.05, 0) is 31.4 Å². The van der Waals surface area contributed by atoms with Crippen molar-refractivity contribution in [2.24, 2.45) is 11.7 Å². The first-order valence-electron chi connectivity index (χ1n) is 8.81. The molecule has 1 saturated carbocycles. The Morgan fingerprint density at radius 3 is 2.32 bits per heavy atom. The van der Waals surface area contributed by atoms with Crippen molar-refractivity contribution in [2.45, 2.75) is 31.5 Å². The Bertz CT molecular complexity index is 739. The van der Waals surface area contributed by atoms with Crippen LogP contribution in [-0.2, 0) is 11.0 Å². The lowest BCUT2D eigenvalue weighted by atomic mass is 10.1.